The highest BCUT2D eigenvalue weighted by atomic mass is 79.9. The number of halogens is 2. The maximum Gasteiger partial charge on any atom is 0.319 e. The lowest BCUT2D eigenvalue weighted by molar-refractivity contribution is -0.121. The third kappa shape index (κ3) is 4.30. The highest BCUT2D eigenvalue weighted by Crippen LogP contribution is 2.28. The summed E-state index contributed by atoms with van der Waals surface area (Å²) in [5, 5.41) is 5.17. The first-order valence-corrected chi connectivity index (χ1v) is 9.58. The molecular weight excluding hydrogens is 413 g/mol. The van der Waals surface area contributed by atoms with Crippen LogP contribution in [0.2, 0.25) is 0 Å². The largest absolute Gasteiger partial charge is 0.326 e. The Balaban J connectivity index is 1.72. The molecule has 1 aliphatic heterocycles. The van der Waals surface area contributed by atoms with Crippen LogP contribution in [0.4, 0.5) is 20.6 Å². The van der Waals surface area contributed by atoms with Crippen molar-refractivity contribution in [1.82, 2.24) is 5.32 Å². The van der Waals surface area contributed by atoms with E-state index in [1.54, 1.807) is 11.0 Å². The minimum absolute atomic E-state index is 0.0529. The van der Waals surface area contributed by atoms with Gasteiger partial charge in [-0.25, -0.2) is 9.18 Å². The Hall–Kier alpha value is -2.41. The number of hydrogen-bond acceptors (Lipinski definition) is 2. The molecule has 0 unspecified atom stereocenters. The van der Waals surface area contributed by atoms with Crippen molar-refractivity contribution < 1.29 is 14.0 Å². The first kappa shape index (κ1) is 19.4. The number of urea groups is 1. The SMILES string of the molecule is CC(C)[C@H](NC(=O)Nc1ccc(Br)cc1F)C(=O)N1CCc2ccccc21. The van der Waals surface area contributed by atoms with Gasteiger partial charge in [0, 0.05) is 16.7 Å². The van der Waals surface area contributed by atoms with Crippen LogP contribution >= 0.6 is 15.9 Å². The summed E-state index contributed by atoms with van der Waals surface area (Å²) < 4.78 is 14.5. The predicted molar refractivity (Wildman–Crippen MR) is 107 cm³/mol. The molecule has 0 saturated heterocycles. The van der Waals surface area contributed by atoms with Crippen LogP contribution in [0.1, 0.15) is 19.4 Å². The van der Waals surface area contributed by atoms with Crippen molar-refractivity contribution in [3.05, 3.63) is 58.3 Å². The van der Waals surface area contributed by atoms with Gasteiger partial charge in [0.25, 0.3) is 0 Å². The molecule has 1 heterocycles. The van der Waals surface area contributed by atoms with Gasteiger partial charge < -0.3 is 15.5 Å². The Morgan fingerprint density at radius 2 is 1.93 bits per heavy atom. The molecule has 142 valence electrons. The second kappa shape index (κ2) is 8.08. The first-order chi connectivity index (χ1) is 12.9. The minimum Gasteiger partial charge on any atom is -0.326 e. The van der Waals surface area contributed by atoms with Gasteiger partial charge in [0.1, 0.15) is 11.9 Å². The molecule has 2 N–H and O–H groups in total. The third-order valence-corrected chi connectivity index (χ3v) is 5.05. The van der Waals surface area contributed by atoms with Crippen molar-refractivity contribution in [1.29, 1.82) is 0 Å². The van der Waals surface area contributed by atoms with Gasteiger partial charge in [-0.15, -0.1) is 0 Å². The van der Waals surface area contributed by atoms with E-state index in [0.29, 0.717) is 11.0 Å². The highest BCUT2D eigenvalue weighted by Gasteiger charge is 2.32. The van der Waals surface area contributed by atoms with Gasteiger partial charge in [0.2, 0.25) is 5.91 Å². The van der Waals surface area contributed by atoms with Gasteiger partial charge in [0.05, 0.1) is 5.69 Å². The quantitative estimate of drug-likeness (QED) is 0.753. The molecule has 0 aliphatic carbocycles. The van der Waals surface area contributed by atoms with Crippen molar-refractivity contribution in [2.75, 3.05) is 16.8 Å². The summed E-state index contributed by atoms with van der Waals surface area (Å²) in [5.74, 6) is -0.840. The first-order valence-electron chi connectivity index (χ1n) is 8.78. The molecule has 7 heteroatoms. The van der Waals surface area contributed by atoms with E-state index in [2.05, 4.69) is 26.6 Å². The number of benzene rings is 2. The number of rotatable bonds is 4. The van der Waals surface area contributed by atoms with Crippen molar-refractivity contribution in [3.8, 4) is 0 Å². The van der Waals surface area contributed by atoms with Gasteiger partial charge in [-0.3, -0.25) is 4.79 Å². The fraction of sp³-hybridized carbons (Fsp3) is 0.300. The second-order valence-corrected chi connectivity index (χ2v) is 7.73. The average Bonchev–Trinajstić information content (AvgIpc) is 3.05. The molecule has 0 spiro atoms. The Bertz CT molecular complexity index is 872. The van der Waals surface area contributed by atoms with E-state index < -0.39 is 17.9 Å². The zero-order valence-electron chi connectivity index (χ0n) is 15.1. The molecule has 1 atom stereocenters. The number of para-hydroxylation sites is 1. The number of nitrogens with zero attached hydrogens (tertiary/aromatic N) is 1. The van der Waals surface area contributed by atoms with Crippen LogP contribution in [0.25, 0.3) is 0 Å². The molecule has 0 aromatic heterocycles. The van der Waals surface area contributed by atoms with Crippen molar-refractivity contribution in [2.24, 2.45) is 5.92 Å². The van der Waals surface area contributed by atoms with Crippen molar-refractivity contribution in [2.45, 2.75) is 26.3 Å². The summed E-state index contributed by atoms with van der Waals surface area (Å²) in [6.45, 7) is 4.32. The van der Waals surface area contributed by atoms with Crippen LogP contribution in [0.15, 0.2) is 46.9 Å². The number of fused-ring (bicyclic) bond motifs is 1. The molecule has 3 rings (SSSR count). The van der Waals surface area contributed by atoms with Crippen molar-refractivity contribution in [3.63, 3.8) is 0 Å². The fourth-order valence-electron chi connectivity index (χ4n) is 3.14. The standard InChI is InChI=1S/C20H21BrFN3O2/c1-12(2)18(19(26)25-10-9-13-5-3-4-6-17(13)25)24-20(27)23-16-8-7-14(21)11-15(16)22/h3-8,11-12,18H,9-10H2,1-2H3,(H2,23,24,27)/t18-/m0/s1. The Labute approximate surface area is 166 Å². The number of amides is 3. The van der Waals surface area contributed by atoms with Crippen LogP contribution in [-0.2, 0) is 11.2 Å². The van der Waals surface area contributed by atoms with Gasteiger partial charge in [-0.2, -0.15) is 0 Å². The number of hydrogen-bond donors (Lipinski definition) is 2. The van der Waals surface area contributed by atoms with E-state index >= 15 is 0 Å². The van der Waals surface area contributed by atoms with Gasteiger partial charge in [-0.1, -0.05) is 48.0 Å². The smallest absolute Gasteiger partial charge is 0.319 e. The zero-order valence-corrected chi connectivity index (χ0v) is 16.7. The number of anilines is 2. The molecule has 3 amide bonds. The number of nitrogens with one attached hydrogen (secondary N) is 2. The third-order valence-electron chi connectivity index (χ3n) is 4.55. The van der Waals surface area contributed by atoms with E-state index in [1.165, 1.54) is 12.1 Å². The molecule has 0 bridgehead atoms. The zero-order chi connectivity index (χ0) is 19.6. The van der Waals surface area contributed by atoms with Crippen molar-refractivity contribution >= 4 is 39.2 Å². The summed E-state index contributed by atoms with van der Waals surface area (Å²) in [6.07, 6.45) is 0.795. The number of carbonyl (C=O) groups excluding carboxylic acids is 2. The Kier molecular flexibility index (Phi) is 5.79. The Morgan fingerprint density at radius 1 is 1.19 bits per heavy atom. The predicted octanol–water partition coefficient (Wildman–Crippen LogP) is 4.32. The monoisotopic (exact) mass is 433 g/mol. The molecule has 27 heavy (non-hydrogen) atoms. The van der Waals surface area contributed by atoms with Crippen LogP contribution in [0.5, 0.6) is 0 Å². The maximum atomic E-state index is 13.9. The van der Waals surface area contributed by atoms with Crippen LogP contribution in [-0.4, -0.2) is 24.5 Å². The van der Waals surface area contributed by atoms with Crippen LogP contribution in [0, 0.1) is 11.7 Å². The molecule has 0 radical (unpaired) electrons. The molecule has 2 aromatic carbocycles. The summed E-state index contributed by atoms with van der Waals surface area (Å²) in [5.41, 5.74) is 2.06. The Morgan fingerprint density at radius 3 is 2.63 bits per heavy atom. The fourth-order valence-corrected chi connectivity index (χ4v) is 3.47. The number of carbonyl (C=O) groups is 2. The summed E-state index contributed by atoms with van der Waals surface area (Å²) in [7, 11) is 0. The summed E-state index contributed by atoms with van der Waals surface area (Å²) in [6, 6.07) is 10.8. The molecule has 1 aliphatic rings. The van der Waals surface area contributed by atoms with E-state index in [4.69, 9.17) is 0 Å². The molecule has 0 fully saturated rings. The lowest BCUT2D eigenvalue weighted by atomic mass is 10.0. The summed E-state index contributed by atoms with van der Waals surface area (Å²) >= 11 is 3.17. The van der Waals surface area contributed by atoms with Gasteiger partial charge in [-0.05, 0) is 42.2 Å². The van der Waals surface area contributed by atoms with Gasteiger partial charge >= 0.3 is 6.03 Å². The molecule has 5 nitrogen and oxygen atoms in total. The average molecular weight is 434 g/mol. The lowest BCUT2D eigenvalue weighted by Crippen LogP contribution is -2.52. The second-order valence-electron chi connectivity index (χ2n) is 6.81. The molecular formula is C20H21BrFN3O2. The van der Waals surface area contributed by atoms with Crippen LogP contribution in [0.3, 0.4) is 0 Å². The topological polar surface area (TPSA) is 61.4 Å². The van der Waals surface area contributed by atoms with Gasteiger partial charge in [0.15, 0.2) is 0 Å². The van der Waals surface area contributed by atoms with Crippen LogP contribution < -0.4 is 15.5 Å². The summed E-state index contributed by atoms with van der Waals surface area (Å²) in [4.78, 5) is 27.1. The van der Waals surface area contributed by atoms with E-state index in [0.717, 1.165) is 17.7 Å². The highest BCUT2D eigenvalue weighted by molar-refractivity contribution is 9.10. The van der Waals surface area contributed by atoms with E-state index in [-0.39, 0.29) is 17.5 Å². The normalized spacial score (nSPS) is 14.0. The maximum absolute atomic E-state index is 13.9. The van der Waals surface area contributed by atoms with E-state index in [9.17, 15) is 14.0 Å². The lowest BCUT2D eigenvalue weighted by Gasteiger charge is -2.27. The molecule has 2 aromatic rings. The van der Waals surface area contributed by atoms with E-state index in [1.807, 2.05) is 38.1 Å². The minimum atomic E-state index is -0.713. The molecule has 0 saturated carbocycles.